The van der Waals surface area contributed by atoms with Gasteiger partial charge in [-0.25, -0.2) is 19.6 Å². The van der Waals surface area contributed by atoms with Crippen molar-refractivity contribution in [2.75, 3.05) is 31.1 Å². The number of halogens is 1. The summed E-state index contributed by atoms with van der Waals surface area (Å²) in [5.41, 5.74) is 3.20. The van der Waals surface area contributed by atoms with E-state index >= 15 is 0 Å². The van der Waals surface area contributed by atoms with Crippen molar-refractivity contribution in [2.45, 2.75) is 13.5 Å². The fraction of sp³-hybridized carbons (Fsp3) is 0.286. The summed E-state index contributed by atoms with van der Waals surface area (Å²) in [6, 6.07) is 7.79. The lowest BCUT2D eigenvalue weighted by atomic mass is 10.2. The Morgan fingerprint density at radius 1 is 1.10 bits per heavy atom. The van der Waals surface area contributed by atoms with Gasteiger partial charge in [0, 0.05) is 49.3 Å². The molecule has 1 N–H and O–H groups in total. The molecular formula is C21H21ClN8O. The van der Waals surface area contributed by atoms with Crippen LogP contribution in [0.15, 0.2) is 43.0 Å². The number of benzene rings is 1. The van der Waals surface area contributed by atoms with Crippen molar-refractivity contribution >= 4 is 34.2 Å². The zero-order chi connectivity index (χ0) is 21.4. The molecule has 0 radical (unpaired) electrons. The molecule has 1 aromatic carbocycles. The van der Waals surface area contributed by atoms with Gasteiger partial charge < -0.3 is 14.8 Å². The summed E-state index contributed by atoms with van der Waals surface area (Å²) >= 11 is 5.98. The summed E-state index contributed by atoms with van der Waals surface area (Å²) in [6.45, 7) is 4.87. The Bertz CT molecular complexity index is 1210. The van der Waals surface area contributed by atoms with Crippen LogP contribution in [0.3, 0.4) is 0 Å². The molecule has 31 heavy (non-hydrogen) atoms. The van der Waals surface area contributed by atoms with Crippen LogP contribution in [0.5, 0.6) is 0 Å². The lowest BCUT2D eigenvalue weighted by Gasteiger charge is -2.36. The lowest BCUT2D eigenvalue weighted by molar-refractivity contribution is -0.132. The van der Waals surface area contributed by atoms with Crippen LogP contribution >= 0.6 is 11.6 Å². The number of hydrogen-bond donors (Lipinski definition) is 1. The quantitative estimate of drug-likeness (QED) is 0.528. The summed E-state index contributed by atoms with van der Waals surface area (Å²) in [4.78, 5) is 33.2. The van der Waals surface area contributed by atoms with Crippen molar-refractivity contribution in [2.24, 2.45) is 0 Å². The van der Waals surface area contributed by atoms with Crippen molar-refractivity contribution in [3.8, 4) is 11.5 Å². The molecule has 1 amide bonds. The molecule has 3 aromatic heterocycles. The zero-order valence-electron chi connectivity index (χ0n) is 17.0. The SMILES string of the molecule is Cc1ncnc2c1c(-c1ncc[nH]1)nn2CC(=O)N1CCN(c2ccc(Cl)cc2)CC1. The van der Waals surface area contributed by atoms with Crippen molar-refractivity contribution in [3.05, 3.63) is 53.7 Å². The Balaban J connectivity index is 1.33. The van der Waals surface area contributed by atoms with Crippen molar-refractivity contribution in [1.82, 2.24) is 34.6 Å². The normalized spacial score (nSPS) is 14.4. The highest BCUT2D eigenvalue weighted by molar-refractivity contribution is 6.30. The smallest absolute Gasteiger partial charge is 0.244 e. The van der Waals surface area contributed by atoms with Crippen LogP contribution in [0.1, 0.15) is 5.69 Å². The molecule has 4 heterocycles. The van der Waals surface area contributed by atoms with Crippen LogP contribution in [0, 0.1) is 6.92 Å². The minimum atomic E-state index is 0.0161. The maximum atomic E-state index is 13.0. The number of carbonyl (C=O) groups is 1. The van der Waals surface area contributed by atoms with Gasteiger partial charge in [-0.3, -0.25) is 4.79 Å². The van der Waals surface area contributed by atoms with E-state index < -0.39 is 0 Å². The molecule has 1 aliphatic heterocycles. The summed E-state index contributed by atoms with van der Waals surface area (Å²) in [6.07, 6.45) is 4.91. The van der Waals surface area contributed by atoms with Crippen molar-refractivity contribution < 1.29 is 4.79 Å². The van der Waals surface area contributed by atoms with Crippen molar-refractivity contribution in [1.29, 1.82) is 0 Å². The first kappa shape index (κ1) is 19.5. The molecule has 0 bridgehead atoms. The second-order valence-electron chi connectivity index (χ2n) is 7.45. The molecular weight excluding hydrogens is 416 g/mol. The number of piperazine rings is 1. The minimum absolute atomic E-state index is 0.0161. The molecule has 9 nitrogen and oxygen atoms in total. The van der Waals surface area contributed by atoms with Crippen molar-refractivity contribution in [3.63, 3.8) is 0 Å². The Morgan fingerprint density at radius 2 is 1.87 bits per heavy atom. The summed E-state index contributed by atoms with van der Waals surface area (Å²) < 4.78 is 1.65. The van der Waals surface area contributed by atoms with Gasteiger partial charge in [0.25, 0.3) is 0 Å². The number of aryl methyl sites for hydroxylation is 1. The Morgan fingerprint density at radius 3 is 2.58 bits per heavy atom. The standard InChI is InChI=1S/C21H21ClN8O/c1-14-18-19(20-23-6-7-24-20)27-30(21(18)26-13-25-14)12-17(31)29-10-8-28(9-11-29)16-4-2-15(22)3-5-16/h2-7,13H,8-12H2,1H3,(H,23,24). The first-order valence-electron chi connectivity index (χ1n) is 10.1. The third-order valence-corrected chi connectivity index (χ3v) is 5.80. The number of aromatic amines is 1. The number of imidazole rings is 1. The molecule has 1 aliphatic rings. The largest absolute Gasteiger partial charge is 0.368 e. The maximum Gasteiger partial charge on any atom is 0.244 e. The van der Waals surface area contributed by atoms with Gasteiger partial charge in [0.2, 0.25) is 5.91 Å². The molecule has 1 fully saturated rings. The van der Waals surface area contributed by atoms with Gasteiger partial charge >= 0.3 is 0 Å². The van der Waals surface area contributed by atoms with E-state index in [1.54, 1.807) is 17.1 Å². The van der Waals surface area contributed by atoms with E-state index in [1.807, 2.05) is 36.1 Å². The van der Waals surface area contributed by atoms with Gasteiger partial charge in [-0.2, -0.15) is 5.10 Å². The number of aromatic nitrogens is 6. The van der Waals surface area contributed by atoms with E-state index in [0.29, 0.717) is 30.3 Å². The van der Waals surface area contributed by atoms with Crippen LogP contribution in [-0.4, -0.2) is 66.7 Å². The summed E-state index contributed by atoms with van der Waals surface area (Å²) in [5.74, 6) is 0.646. The number of amides is 1. The Kier molecular flexibility index (Phi) is 5.03. The molecule has 0 aliphatic carbocycles. The van der Waals surface area contributed by atoms with Crippen LogP contribution in [0.4, 0.5) is 5.69 Å². The monoisotopic (exact) mass is 436 g/mol. The highest BCUT2D eigenvalue weighted by atomic mass is 35.5. The number of fused-ring (bicyclic) bond motifs is 1. The van der Waals surface area contributed by atoms with E-state index in [4.69, 9.17) is 11.6 Å². The maximum absolute atomic E-state index is 13.0. The number of rotatable bonds is 4. The average Bonchev–Trinajstić information content (AvgIpc) is 3.44. The summed E-state index contributed by atoms with van der Waals surface area (Å²) in [5, 5.41) is 6.17. The third kappa shape index (κ3) is 3.72. The lowest BCUT2D eigenvalue weighted by Crippen LogP contribution is -2.49. The molecule has 0 saturated carbocycles. The number of H-pyrrole nitrogens is 1. The van der Waals surface area contributed by atoms with Gasteiger partial charge in [0.05, 0.1) is 11.1 Å². The number of nitrogens with zero attached hydrogens (tertiary/aromatic N) is 7. The molecule has 0 atom stereocenters. The number of carbonyl (C=O) groups excluding carboxylic acids is 1. The van der Waals surface area contributed by atoms with Crippen LogP contribution in [0.2, 0.25) is 5.02 Å². The van der Waals surface area contributed by atoms with Crippen LogP contribution in [0.25, 0.3) is 22.6 Å². The van der Waals surface area contributed by atoms with Gasteiger partial charge in [-0.1, -0.05) is 11.6 Å². The molecule has 10 heteroatoms. The van der Waals surface area contributed by atoms with E-state index in [1.165, 1.54) is 6.33 Å². The molecule has 158 valence electrons. The average molecular weight is 437 g/mol. The molecule has 0 spiro atoms. The predicted octanol–water partition coefficient (Wildman–Crippen LogP) is 2.53. The van der Waals surface area contributed by atoms with E-state index in [2.05, 4.69) is 29.9 Å². The zero-order valence-corrected chi connectivity index (χ0v) is 17.7. The van der Waals surface area contributed by atoms with Gasteiger partial charge in [-0.15, -0.1) is 0 Å². The predicted molar refractivity (Wildman–Crippen MR) is 118 cm³/mol. The highest BCUT2D eigenvalue weighted by Crippen LogP contribution is 2.26. The fourth-order valence-electron chi connectivity index (χ4n) is 3.92. The van der Waals surface area contributed by atoms with Gasteiger partial charge in [0.15, 0.2) is 11.5 Å². The van der Waals surface area contributed by atoms with Gasteiger partial charge in [-0.05, 0) is 31.2 Å². The fourth-order valence-corrected chi connectivity index (χ4v) is 4.04. The minimum Gasteiger partial charge on any atom is -0.368 e. The Hall–Kier alpha value is -3.46. The van der Waals surface area contributed by atoms with E-state index in [-0.39, 0.29) is 12.5 Å². The molecule has 1 saturated heterocycles. The molecule has 5 rings (SSSR count). The second-order valence-corrected chi connectivity index (χ2v) is 7.88. The number of nitrogens with one attached hydrogen (secondary N) is 1. The first-order chi connectivity index (χ1) is 15.1. The number of anilines is 1. The molecule has 0 unspecified atom stereocenters. The van der Waals surface area contributed by atoms with E-state index in [9.17, 15) is 4.79 Å². The number of hydrogen-bond acceptors (Lipinski definition) is 6. The van der Waals surface area contributed by atoms with Crippen LogP contribution in [-0.2, 0) is 11.3 Å². The molecule has 4 aromatic rings. The van der Waals surface area contributed by atoms with E-state index in [0.717, 1.165) is 34.9 Å². The third-order valence-electron chi connectivity index (χ3n) is 5.55. The summed E-state index contributed by atoms with van der Waals surface area (Å²) in [7, 11) is 0. The highest BCUT2D eigenvalue weighted by Gasteiger charge is 2.24. The van der Waals surface area contributed by atoms with Gasteiger partial charge in [0.1, 0.15) is 18.6 Å². The second kappa shape index (κ2) is 7.99. The van der Waals surface area contributed by atoms with Crippen LogP contribution < -0.4 is 4.90 Å². The Labute approximate surface area is 183 Å². The topological polar surface area (TPSA) is 95.8 Å². The first-order valence-corrected chi connectivity index (χ1v) is 10.4.